The van der Waals surface area contributed by atoms with E-state index in [0.29, 0.717) is 12.7 Å². The Morgan fingerprint density at radius 2 is 2.15 bits per heavy atom. The van der Waals surface area contributed by atoms with Crippen LogP contribution in [0.5, 0.6) is 0 Å². The van der Waals surface area contributed by atoms with Gasteiger partial charge in [-0.3, -0.25) is 4.90 Å². The number of rotatable bonds is 4. The molecular formula is C18H22F2N4O3. The normalized spacial score (nSPS) is 17.3. The van der Waals surface area contributed by atoms with Gasteiger partial charge in [0.15, 0.2) is 0 Å². The number of carbonyl (C=O) groups is 1. The van der Waals surface area contributed by atoms with Gasteiger partial charge in [0.05, 0.1) is 18.3 Å². The fraction of sp³-hybridized carbons (Fsp3) is 0.500. The first kappa shape index (κ1) is 19.2. The molecule has 0 radical (unpaired) electrons. The van der Waals surface area contributed by atoms with Crippen molar-refractivity contribution in [1.82, 2.24) is 14.3 Å². The van der Waals surface area contributed by atoms with Crippen LogP contribution in [0.15, 0.2) is 29.3 Å². The maximum absolute atomic E-state index is 14.2. The van der Waals surface area contributed by atoms with Gasteiger partial charge in [-0.25, -0.2) is 23.1 Å². The molecule has 1 saturated heterocycles. The number of amides is 1. The van der Waals surface area contributed by atoms with Crippen molar-refractivity contribution < 1.29 is 18.3 Å². The van der Waals surface area contributed by atoms with Gasteiger partial charge in [0.25, 0.3) is 0 Å². The average Bonchev–Trinajstić information content (AvgIpc) is 2.98. The van der Waals surface area contributed by atoms with E-state index in [2.05, 4.69) is 5.10 Å². The van der Waals surface area contributed by atoms with Crippen LogP contribution < -0.4 is 10.6 Å². The molecule has 2 aromatic rings. The number of nitrogens with zero attached hydrogens (tertiary/aromatic N) is 4. The summed E-state index contributed by atoms with van der Waals surface area (Å²) in [6.45, 7) is 4.24. The van der Waals surface area contributed by atoms with Gasteiger partial charge in [0.1, 0.15) is 18.0 Å². The van der Waals surface area contributed by atoms with E-state index in [1.807, 2.05) is 0 Å². The van der Waals surface area contributed by atoms with E-state index in [0.717, 1.165) is 41.1 Å². The van der Waals surface area contributed by atoms with Gasteiger partial charge in [-0.05, 0) is 45.2 Å². The van der Waals surface area contributed by atoms with Crippen LogP contribution in [0.3, 0.4) is 0 Å². The first-order valence-corrected chi connectivity index (χ1v) is 8.93. The highest BCUT2D eigenvalue weighted by Crippen LogP contribution is 2.23. The highest BCUT2D eigenvalue weighted by atomic mass is 19.1. The molecule has 0 bridgehead atoms. The van der Waals surface area contributed by atoms with Crippen LogP contribution >= 0.6 is 0 Å². The minimum absolute atomic E-state index is 0.105. The molecule has 0 N–H and O–H groups in total. The summed E-state index contributed by atoms with van der Waals surface area (Å²) in [5.74, 6) is -1.63. The molecule has 3 rings (SSSR count). The van der Waals surface area contributed by atoms with Crippen molar-refractivity contribution in [2.24, 2.45) is 0 Å². The molecule has 7 nitrogen and oxygen atoms in total. The number of anilines is 1. The van der Waals surface area contributed by atoms with Gasteiger partial charge in [-0.2, -0.15) is 9.67 Å². The summed E-state index contributed by atoms with van der Waals surface area (Å²) in [4.78, 5) is 26.6. The maximum Gasteiger partial charge on any atom is 0.354 e. The highest BCUT2D eigenvalue weighted by Gasteiger charge is 2.27. The molecule has 0 spiro atoms. The van der Waals surface area contributed by atoms with Crippen LogP contribution in [0, 0.1) is 11.6 Å². The lowest BCUT2D eigenvalue weighted by atomic mass is 10.1. The number of benzene rings is 1. The number of hydrogen-bond donors (Lipinski definition) is 0. The van der Waals surface area contributed by atoms with Crippen LogP contribution in [-0.4, -0.2) is 39.1 Å². The van der Waals surface area contributed by atoms with Gasteiger partial charge >= 0.3 is 11.7 Å². The van der Waals surface area contributed by atoms with Crippen molar-refractivity contribution in [2.75, 3.05) is 11.5 Å². The Balaban J connectivity index is 1.87. The second-order valence-electron chi connectivity index (χ2n) is 6.80. The molecule has 1 fully saturated rings. The third kappa shape index (κ3) is 4.08. The molecule has 2 heterocycles. The lowest BCUT2D eigenvalue weighted by molar-refractivity contribution is 0.00331. The zero-order valence-corrected chi connectivity index (χ0v) is 15.3. The quantitative estimate of drug-likeness (QED) is 0.818. The molecule has 1 amide bonds. The smallest absolute Gasteiger partial charge is 0.354 e. The molecule has 0 saturated carbocycles. The third-order valence-electron chi connectivity index (χ3n) is 4.48. The molecule has 1 unspecified atom stereocenters. The zero-order valence-electron chi connectivity index (χ0n) is 15.3. The van der Waals surface area contributed by atoms with Crippen molar-refractivity contribution in [3.05, 3.63) is 46.6 Å². The van der Waals surface area contributed by atoms with Crippen molar-refractivity contribution in [2.45, 2.75) is 51.8 Å². The maximum atomic E-state index is 14.2. The third-order valence-corrected chi connectivity index (χ3v) is 4.48. The lowest BCUT2D eigenvalue weighted by Gasteiger charge is -2.26. The van der Waals surface area contributed by atoms with Crippen LogP contribution in [0.1, 0.15) is 33.1 Å². The predicted octanol–water partition coefficient (Wildman–Crippen LogP) is 2.78. The number of ether oxygens (including phenoxy) is 1. The standard InChI is InChI=1S/C18H22F2N4O3/c1-12(2)24(16-7-6-13(19)9-15(16)20)18(26)22-11-21-23(17(22)25)10-14-5-3-4-8-27-14/h6-7,9,11-12,14H,3-5,8,10H2,1-2H3. The molecule has 27 heavy (non-hydrogen) atoms. The minimum Gasteiger partial charge on any atom is -0.376 e. The second kappa shape index (κ2) is 7.99. The number of aromatic nitrogens is 3. The fourth-order valence-electron chi connectivity index (χ4n) is 3.13. The minimum atomic E-state index is -0.881. The van der Waals surface area contributed by atoms with Crippen molar-refractivity contribution in [3.8, 4) is 0 Å². The van der Waals surface area contributed by atoms with Gasteiger partial charge in [-0.1, -0.05) is 0 Å². The Morgan fingerprint density at radius 3 is 2.78 bits per heavy atom. The lowest BCUT2D eigenvalue weighted by Crippen LogP contribution is -2.44. The Kier molecular flexibility index (Phi) is 5.69. The van der Waals surface area contributed by atoms with E-state index in [1.54, 1.807) is 13.8 Å². The molecule has 146 valence electrons. The van der Waals surface area contributed by atoms with Crippen LogP contribution in [-0.2, 0) is 11.3 Å². The Labute approximate surface area is 155 Å². The predicted molar refractivity (Wildman–Crippen MR) is 94.8 cm³/mol. The summed E-state index contributed by atoms with van der Waals surface area (Å²) in [5, 5.41) is 3.99. The summed E-state index contributed by atoms with van der Waals surface area (Å²) in [6.07, 6.45) is 3.83. The molecular weight excluding hydrogens is 358 g/mol. The molecule has 1 aromatic carbocycles. The monoisotopic (exact) mass is 380 g/mol. The number of halogens is 2. The van der Waals surface area contributed by atoms with Crippen LogP contribution in [0.25, 0.3) is 0 Å². The zero-order chi connectivity index (χ0) is 19.6. The Bertz CT molecular complexity index is 872. The number of carbonyl (C=O) groups excluding carboxylic acids is 1. The largest absolute Gasteiger partial charge is 0.376 e. The molecule has 0 aliphatic carbocycles. The van der Waals surface area contributed by atoms with E-state index >= 15 is 0 Å². The fourth-order valence-corrected chi connectivity index (χ4v) is 3.13. The average molecular weight is 380 g/mol. The second-order valence-corrected chi connectivity index (χ2v) is 6.80. The summed E-state index contributed by atoms with van der Waals surface area (Å²) < 4.78 is 35.0. The first-order chi connectivity index (χ1) is 12.9. The molecule has 1 aliphatic heterocycles. The molecule has 9 heteroatoms. The van der Waals surface area contributed by atoms with E-state index in [9.17, 15) is 18.4 Å². The molecule has 1 aromatic heterocycles. The Hall–Kier alpha value is -2.55. The van der Waals surface area contributed by atoms with Gasteiger partial charge in [0, 0.05) is 18.7 Å². The first-order valence-electron chi connectivity index (χ1n) is 8.93. The molecule has 1 atom stereocenters. The van der Waals surface area contributed by atoms with Crippen LogP contribution in [0.2, 0.25) is 0 Å². The molecule has 1 aliphatic rings. The van der Waals surface area contributed by atoms with Crippen molar-refractivity contribution in [1.29, 1.82) is 0 Å². The van der Waals surface area contributed by atoms with Crippen molar-refractivity contribution in [3.63, 3.8) is 0 Å². The van der Waals surface area contributed by atoms with Gasteiger partial charge in [0.2, 0.25) is 0 Å². The summed E-state index contributed by atoms with van der Waals surface area (Å²) in [7, 11) is 0. The summed E-state index contributed by atoms with van der Waals surface area (Å²) in [6, 6.07) is 1.72. The SMILES string of the molecule is CC(C)N(C(=O)n1cnn(CC2CCCCO2)c1=O)c1ccc(F)cc1F. The van der Waals surface area contributed by atoms with E-state index in [-0.39, 0.29) is 18.3 Å². The Morgan fingerprint density at radius 1 is 1.37 bits per heavy atom. The van der Waals surface area contributed by atoms with E-state index < -0.39 is 29.4 Å². The highest BCUT2D eigenvalue weighted by molar-refractivity contribution is 5.94. The topological polar surface area (TPSA) is 69.4 Å². The van der Waals surface area contributed by atoms with Crippen LogP contribution in [0.4, 0.5) is 19.3 Å². The van der Waals surface area contributed by atoms with E-state index in [4.69, 9.17) is 4.74 Å². The van der Waals surface area contributed by atoms with Crippen molar-refractivity contribution >= 4 is 11.7 Å². The summed E-state index contributed by atoms with van der Waals surface area (Å²) >= 11 is 0. The van der Waals surface area contributed by atoms with Gasteiger partial charge < -0.3 is 4.74 Å². The number of hydrogen-bond acceptors (Lipinski definition) is 4. The van der Waals surface area contributed by atoms with Gasteiger partial charge in [-0.15, -0.1) is 0 Å². The van der Waals surface area contributed by atoms with E-state index in [1.165, 1.54) is 10.7 Å². The summed E-state index contributed by atoms with van der Waals surface area (Å²) in [5.41, 5.74) is -0.728.